The number of aliphatic hydroxyl groups is 1. The van der Waals surface area contributed by atoms with Crippen LogP contribution in [-0.2, 0) is 0 Å². The van der Waals surface area contributed by atoms with Crippen LogP contribution in [0, 0.1) is 3.57 Å². The predicted octanol–water partition coefficient (Wildman–Crippen LogP) is 2.27. The van der Waals surface area contributed by atoms with Crippen molar-refractivity contribution in [2.45, 2.75) is 6.10 Å². The van der Waals surface area contributed by atoms with E-state index < -0.39 is 6.10 Å². The van der Waals surface area contributed by atoms with Gasteiger partial charge in [-0.2, -0.15) is 0 Å². The molecule has 4 heteroatoms. The molecule has 0 aromatic heterocycles. The molecule has 0 fully saturated rings. The van der Waals surface area contributed by atoms with E-state index in [0.29, 0.717) is 0 Å². The van der Waals surface area contributed by atoms with Gasteiger partial charge in [0.2, 0.25) is 0 Å². The monoisotopic (exact) mass is 312 g/mol. The summed E-state index contributed by atoms with van der Waals surface area (Å²) >= 11 is 7.61. The van der Waals surface area contributed by atoms with Gasteiger partial charge in [0.15, 0.2) is 0 Å². The first-order valence-electron chi connectivity index (χ1n) is 3.85. The molecular weight excluding hydrogens is 302 g/mol. The van der Waals surface area contributed by atoms with Crippen LogP contribution < -0.4 is 4.74 Å². The minimum atomic E-state index is -0.599. The maximum absolute atomic E-state index is 9.15. The van der Waals surface area contributed by atoms with Crippen LogP contribution >= 0.6 is 34.2 Å². The molecule has 2 nitrogen and oxygen atoms in total. The van der Waals surface area contributed by atoms with Crippen molar-refractivity contribution >= 4 is 34.2 Å². The van der Waals surface area contributed by atoms with Crippen molar-refractivity contribution < 1.29 is 9.84 Å². The Morgan fingerprint density at radius 2 is 2.15 bits per heavy atom. The fraction of sp³-hybridized carbons (Fsp3) is 0.333. The van der Waals surface area contributed by atoms with E-state index in [4.69, 9.17) is 21.4 Å². The summed E-state index contributed by atoms with van der Waals surface area (Å²) < 4.78 is 6.38. The van der Waals surface area contributed by atoms with E-state index in [0.717, 1.165) is 9.32 Å². The summed E-state index contributed by atoms with van der Waals surface area (Å²) in [4.78, 5) is 0. The van der Waals surface area contributed by atoms with E-state index in [1.54, 1.807) is 0 Å². The highest BCUT2D eigenvalue weighted by Gasteiger charge is 2.04. The second kappa shape index (κ2) is 5.67. The second-order valence-electron chi connectivity index (χ2n) is 2.55. The Kier molecular flexibility index (Phi) is 4.83. The fourth-order valence-electron chi connectivity index (χ4n) is 0.792. The Morgan fingerprint density at radius 1 is 1.46 bits per heavy atom. The first-order chi connectivity index (χ1) is 6.24. The second-order valence-corrected chi connectivity index (χ2v) is 4.02. The zero-order chi connectivity index (χ0) is 9.68. The molecule has 13 heavy (non-hydrogen) atoms. The van der Waals surface area contributed by atoms with Gasteiger partial charge in [0.1, 0.15) is 18.5 Å². The molecule has 0 aliphatic heterocycles. The summed E-state index contributed by atoms with van der Waals surface area (Å²) in [5.74, 6) is 0.982. The highest BCUT2D eigenvalue weighted by molar-refractivity contribution is 14.1. The van der Waals surface area contributed by atoms with Crippen molar-refractivity contribution in [3.63, 3.8) is 0 Å². The number of alkyl halides is 1. The van der Waals surface area contributed by atoms with Gasteiger partial charge in [-0.1, -0.05) is 12.1 Å². The molecule has 0 saturated carbocycles. The summed E-state index contributed by atoms with van der Waals surface area (Å²) in [5.41, 5.74) is 0. The Labute approximate surface area is 96.0 Å². The van der Waals surface area contributed by atoms with Crippen molar-refractivity contribution in [2.75, 3.05) is 12.5 Å². The van der Waals surface area contributed by atoms with Crippen LogP contribution in [0.25, 0.3) is 0 Å². The lowest BCUT2D eigenvalue weighted by atomic mass is 10.3. The summed E-state index contributed by atoms with van der Waals surface area (Å²) in [6.45, 7) is 0.240. The average Bonchev–Trinajstić information content (AvgIpc) is 2.16. The third kappa shape index (κ3) is 3.70. The summed E-state index contributed by atoms with van der Waals surface area (Å²) in [5, 5.41) is 9.15. The largest absolute Gasteiger partial charge is 0.490 e. The van der Waals surface area contributed by atoms with Crippen LogP contribution in [0.3, 0.4) is 0 Å². The fourth-order valence-corrected chi connectivity index (χ4v) is 1.42. The predicted molar refractivity (Wildman–Crippen MR) is 61.4 cm³/mol. The normalized spacial score (nSPS) is 12.5. The van der Waals surface area contributed by atoms with Gasteiger partial charge in [-0.15, -0.1) is 11.6 Å². The molecule has 0 radical (unpaired) electrons. The lowest BCUT2D eigenvalue weighted by Crippen LogP contribution is -2.19. The van der Waals surface area contributed by atoms with Gasteiger partial charge in [0.25, 0.3) is 0 Å². The number of hydrogen-bond donors (Lipinski definition) is 1. The van der Waals surface area contributed by atoms with Gasteiger partial charge in [-0.25, -0.2) is 0 Å². The van der Waals surface area contributed by atoms with E-state index in [1.165, 1.54) is 0 Å². The topological polar surface area (TPSA) is 29.5 Å². The van der Waals surface area contributed by atoms with Crippen molar-refractivity contribution in [3.8, 4) is 5.75 Å². The van der Waals surface area contributed by atoms with Gasteiger partial charge >= 0.3 is 0 Å². The summed E-state index contributed by atoms with van der Waals surface area (Å²) in [6, 6.07) is 7.64. The van der Waals surface area contributed by atoms with Gasteiger partial charge in [0, 0.05) is 0 Å². The van der Waals surface area contributed by atoms with Crippen molar-refractivity contribution in [3.05, 3.63) is 27.8 Å². The summed E-state index contributed by atoms with van der Waals surface area (Å²) in [7, 11) is 0. The van der Waals surface area contributed by atoms with Crippen molar-refractivity contribution in [2.24, 2.45) is 0 Å². The SMILES string of the molecule is O[C@H](CCl)COc1ccccc1I. The van der Waals surface area contributed by atoms with Crippen LogP contribution in [-0.4, -0.2) is 23.7 Å². The number of para-hydroxylation sites is 1. The number of benzene rings is 1. The smallest absolute Gasteiger partial charge is 0.132 e. The molecule has 0 bridgehead atoms. The Hall–Kier alpha value is -0.000000000000000111. The van der Waals surface area contributed by atoms with Gasteiger partial charge in [0.05, 0.1) is 9.45 Å². The Bertz CT molecular complexity index is 268. The van der Waals surface area contributed by atoms with Crippen LogP contribution in [0.5, 0.6) is 5.75 Å². The van der Waals surface area contributed by atoms with Crippen molar-refractivity contribution in [1.82, 2.24) is 0 Å². The first-order valence-corrected chi connectivity index (χ1v) is 5.46. The zero-order valence-electron chi connectivity index (χ0n) is 6.91. The molecule has 72 valence electrons. The van der Waals surface area contributed by atoms with Crippen LogP contribution in [0.4, 0.5) is 0 Å². The number of hydrogen-bond acceptors (Lipinski definition) is 2. The number of rotatable bonds is 4. The Balaban J connectivity index is 2.50. The van der Waals surface area contributed by atoms with Crippen molar-refractivity contribution in [1.29, 1.82) is 0 Å². The zero-order valence-corrected chi connectivity index (χ0v) is 9.83. The van der Waals surface area contributed by atoms with E-state index in [9.17, 15) is 0 Å². The number of halogens is 2. The average molecular weight is 313 g/mol. The third-order valence-corrected chi connectivity index (χ3v) is 2.69. The van der Waals surface area contributed by atoms with Crippen LogP contribution in [0.2, 0.25) is 0 Å². The quantitative estimate of drug-likeness (QED) is 0.683. The lowest BCUT2D eigenvalue weighted by Gasteiger charge is -2.10. The third-order valence-electron chi connectivity index (χ3n) is 1.45. The molecule has 0 unspecified atom stereocenters. The molecule has 1 aromatic carbocycles. The van der Waals surface area contributed by atoms with Gasteiger partial charge in [-0.05, 0) is 34.7 Å². The molecule has 1 aromatic rings. The minimum absolute atomic E-state index is 0.198. The van der Waals surface area contributed by atoms with E-state index in [2.05, 4.69) is 22.6 Å². The number of aliphatic hydroxyl groups excluding tert-OH is 1. The van der Waals surface area contributed by atoms with Gasteiger partial charge in [-0.3, -0.25) is 0 Å². The molecule has 1 rings (SSSR count). The number of ether oxygens (including phenoxy) is 1. The minimum Gasteiger partial charge on any atom is -0.490 e. The molecule has 0 spiro atoms. The Morgan fingerprint density at radius 3 is 2.77 bits per heavy atom. The molecule has 0 amide bonds. The first kappa shape index (κ1) is 11.1. The maximum Gasteiger partial charge on any atom is 0.132 e. The lowest BCUT2D eigenvalue weighted by molar-refractivity contribution is 0.125. The summed E-state index contributed by atoms with van der Waals surface area (Å²) in [6.07, 6.45) is -0.599. The van der Waals surface area contributed by atoms with E-state index in [-0.39, 0.29) is 12.5 Å². The molecule has 1 N–H and O–H groups in total. The van der Waals surface area contributed by atoms with E-state index >= 15 is 0 Å². The van der Waals surface area contributed by atoms with Crippen LogP contribution in [0.1, 0.15) is 0 Å². The maximum atomic E-state index is 9.15. The van der Waals surface area contributed by atoms with E-state index in [1.807, 2.05) is 24.3 Å². The molecular formula is C9H10ClIO2. The molecule has 0 aliphatic carbocycles. The van der Waals surface area contributed by atoms with Crippen LogP contribution in [0.15, 0.2) is 24.3 Å². The highest BCUT2D eigenvalue weighted by Crippen LogP contribution is 2.19. The molecule has 0 saturated heterocycles. The highest BCUT2D eigenvalue weighted by atomic mass is 127. The van der Waals surface area contributed by atoms with Gasteiger partial charge < -0.3 is 9.84 Å². The standard InChI is InChI=1S/C9H10ClIO2/c10-5-7(12)6-13-9-4-2-1-3-8(9)11/h1-4,7,12H,5-6H2/t7-/m1/s1. The molecule has 0 heterocycles. The molecule has 0 aliphatic rings. The molecule has 1 atom stereocenters.